The van der Waals surface area contributed by atoms with Crippen LogP contribution in [0.1, 0.15) is 83.8 Å². The number of carboxylic acids is 3. The second-order valence-corrected chi connectivity index (χ2v) is 9.68. The molecule has 0 aliphatic heterocycles. The van der Waals surface area contributed by atoms with E-state index < -0.39 is 24.0 Å². The van der Waals surface area contributed by atoms with Gasteiger partial charge in [0.05, 0.1) is 51.8 Å². The average molecular weight is 621 g/mol. The van der Waals surface area contributed by atoms with E-state index in [9.17, 15) is 19.2 Å². The van der Waals surface area contributed by atoms with Gasteiger partial charge in [-0.25, -0.2) is 0 Å². The maximum absolute atomic E-state index is 10.7. The molecule has 3 atom stereocenters. The van der Waals surface area contributed by atoms with Crippen LogP contribution in [-0.2, 0) is 46.6 Å². The normalized spacial score (nSPS) is 12.2. The topological polar surface area (TPSA) is 166 Å². The van der Waals surface area contributed by atoms with Crippen LogP contribution in [0.2, 0.25) is 0 Å². The van der Waals surface area contributed by atoms with Gasteiger partial charge in [-0.2, -0.15) is 0 Å². The van der Waals surface area contributed by atoms with Crippen molar-refractivity contribution in [3.05, 3.63) is 65.7 Å². The number of methoxy groups -OCH3 is 1. The number of rotatable bonds is 18. The first-order valence-electron chi connectivity index (χ1n) is 14.7. The first kappa shape index (κ1) is 40.0. The third kappa shape index (κ3) is 20.8. The third-order valence-corrected chi connectivity index (χ3v) is 6.13. The largest absolute Gasteiger partial charge is 0.497 e. The van der Waals surface area contributed by atoms with Crippen LogP contribution in [0.5, 0.6) is 5.75 Å². The van der Waals surface area contributed by atoms with Crippen LogP contribution < -0.4 is 4.74 Å². The summed E-state index contributed by atoms with van der Waals surface area (Å²) in [6.45, 7) is 8.22. The molecule has 246 valence electrons. The highest BCUT2D eigenvalue weighted by Gasteiger charge is 2.15. The first-order valence-corrected chi connectivity index (χ1v) is 14.7. The SMILES string of the molecule is CCC(=O)O[C@H](CC)CC(=O)O.CC[C@H](CC(=O)O)OCc1ccc(OC)cc1.CC[C@H](CC(=O)O)OCc1ccccc1. The fourth-order valence-corrected chi connectivity index (χ4v) is 3.49. The Morgan fingerprint density at radius 2 is 1.02 bits per heavy atom. The zero-order chi connectivity index (χ0) is 33.3. The van der Waals surface area contributed by atoms with Crippen molar-refractivity contribution in [3.8, 4) is 5.75 Å². The highest BCUT2D eigenvalue weighted by molar-refractivity contribution is 5.71. The fraction of sp³-hybridized carbons (Fsp3) is 0.515. The second kappa shape index (κ2) is 24.5. The molecule has 0 saturated heterocycles. The molecule has 0 radical (unpaired) electrons. The Bertz CT molecular complexity index is 1070. The van der Waals surface area contributed by atoms with Crippen LogP contribution in [0, 0.1) is 0 Å². The standard InChI is InChI=1S/C13H18O4.C12H16O3.C8H14O4/c1-3-11(8-13(14)15)17-9-10-4-6-12(16-2)7-5-10;1-2-11(8-12(13)14)15-9-10-6-4-3-5-7-10;1-3-6(5-7(9)10)12-8(11)4-2/h4-7,11H,3,8-9H2,1-2H3,(H,14,15);3-7,11H,2,8-9H2,1H3,(H,13,14);6H,3-5H2,1-2H3,(H,9,10)/t2*11-;6-/m111/s1. The van der Waals surface area contributed by atoms with E-state index in [-0.39, 0.29) is 43.9 Å². The summed E-state index contributed by atoms with van der Waals surface area (Å²) in [6.07, 6.45) is 1.36. The number of benzene rings is 2. The van der Waals surface area contributed by atoms with Gasteiger partial charge in [-0.1, -0.05) is 70.2 Å². The molecule has 11 heteroatoms. The number of carboxylic acid groups (broad SMARTS) is 3. The van der Waals surface area contributed by atoms with Gasteiger partial charge in [0.2, 0.25) is 0 Å². The van der Waals surface area contributed by atoms with Gasteiger partial charge >= 0.3 is 23.9 Å². The molecule has 44 heavy (non-hydrogen) atoms. The van der Waals surface area contributed by atoms with Crippen molar-refractivity contribution in [3.63, 3.8) is 0 Å². The minimum Gasteiger partial charge on any atom is -0.497 e. The van der Waals surface area contributed by atoms with Crippen molar-refractivity contribution in [2.75, 3.05) is 7.11 Å². The first-order chi connectivity index (χ1) is 21.0. The van der Waals surface area contributed by atoms with E-state index in [0.29, 0.717) is 26.1 Å². The molecule has 0 aliphatic rings. The lowest BCUT2D eigenvalue weighted by molar-refractivity contribution is -0.153. The van der Waals surface area contributed by atoms with E-state index in [2.05, 4.69) is 0 Å². The maximum Gasteiger partial charge on any atom is 0.307 e. The predicted molar refractivity (Wildman–Crippen MR) is 164 cm³/mol. The number of carbonyl (C=O) groups excluding carboxylic acids is 1. The summed E-state index contributed by atoms with van der Waals surface area (Å²) in [4.78, 5) is 42.1. The highest BCUT2D eigenvalue weighted by atomic mass is 16.5. The molecule has 2 rings (SSSR count). The Morgan fingerprint density at radius 3 is 1.39 bits per heavy atom. The third-order valence-electron chi connectivity index (χ3n) is 6.13. The number of hydrogen-bond acceptors (Lipinski definition) is 8. The Labute approximate surface area is 260 Å². The van der Waals surface area contributed by atoms with Crippen molar-refractivity contribution in [2.45, 2.75) is 104 Å². The summed E-state index contributed by atoms with van der Waals surface area (Å²) in [7, 11) is 1.62. The quantitative estimate of drug-likeness (QED) is 0.164. The molecule has 11 nitrogen and oxygen atoms in total. The Hall–Kier alpha value is -3.96. The molecule has 0 unspecified atom stereocenters. The highest BCUT2D eigenvalue weighted by Crippen LogP contribution is 2.14. The number of aliphatic carboxylic acids is 3. The number of hydrogen-bond donors (Lipinski definition) is 3. The van der Waals surface area contributed by atoms with E-state index in [0.717, 1.165) is 23.3 Å². The number of esters is 1. The van der Waals surface area contributed by atoms with Crippen molar-refractivity contribution < 1.29 is 53.4 Å². The van der Waals surface area contributed by atoms with Gasteiger partial charge in [0.25, 0.3) is 0 Å². The monoisotopic (exact) mass is 620 g/mol. The lowest BCUT2D eigenvalue weighted by Gasteiger charge is -2.14. The molecular weight excluding hydrogens is 572 g/mol. The zero-order valence-electron chi connectivity index (χ0n) is 26.4. The summed E-state index contributed by atoms with van der Waals surface area (Å²) in [6, 6.07) is 17.3. The van der Waals surface area contributed by atoms with E-state index in [1.807, 2.05) is 68.4 Å². The summed E-state index contributed by atoms with van der Waals surface area (Å²) < 4.78 is 20.9. The minimum absolute atomic E-state index is 0.0483. The average Bonchev–Trinajstić information content (AvgIpc) is 3.01. The van der Waals surface area contributed by atoms with Crippen LogP contribution in [0.4, 0.5) is 0 Å². The molecule has 0 saturated carbocycles. The fourth-order valence-electron chi connectivity index (χ4n) is 3.49. The molecule has 0 aromatic heterocycles. The van der Waals surface area contributed by atoms with Gasteiger partial charge < -0.3 is 34.3 Å². The van der Waals surface area contributed by atoms with E-state index in [1.165, 1.54) is 0 Å². The minimum atomic E-state index is -0.939. The Morgan fingerprint density at radius 1 is 0.614 bits per heavy atom. The van der Waals surface area contributed by atoms with Gasteiger partial charge in [0.1, 0.15) is 11.9 Å². The summed E-state index contributed by atoms with van der Waals surface area (Å²) in [5, 5.41) is 25.7. The van der Waals surface area contributed by atoms with Gasteiger partial charge in [-0.05, 0) is 42.5 Å². The molecule has 0 bridgehead atoms. The van der Waals surface area contributed by atoms with E-state index in [1.54, 1.807) is 21.0 Å². The van der Waals surface area contributed by atoms with Gasteiger partial charge in [0.15, 0.2) is 0 Å². The molecule has 0 aliphatic carbocycles. The van der Waals surface area contributed by atoms with Crippen LogP contribution in [0.25, 0.3) is 0 Å². The summed E-state index contributed by atoms with van der Waals surface area (Å²) >= 11 is 0. The van der Waals surface area contributed by atoms with Crippen molar-refractivity contribution >= 4 is 23.9 Å². The summed E-state index contributed by atoms with van der Waals surface area (Å²) in [5.74, 6) is -2.12. The zero-order valence-corrected chi connectivity index (χ0v) is 26.4. The second-order valence-electron chi connectivity index (χ2n) is 9.68. The Kier molecular flexibility index (Phi) is 22.3. The summed E-state index contributed by atoms with van der Waals surface area (Å²) in [5.41, 5.74) is 2.08. The molecule has 0 heterocycles. The van der Waals surface area contributed by atoms with Crippen LogP contribution in [0.3, 0.4) is 0 Å². The molecule has 3 N–H and O–H groups in total. The molecule has 2 aromatic rings. The smallest absolute Gasteiger partial charge is 0.307 e. The lowest BCUT2D eigenvalue weighted by atomic mass is 10.2. The molecular formula is C33H48O11. The molecule has 0 amide bonds. The maximum atomic E-state index is 10.7. The molecule has 2 aromatic carbocycles. The van der Waals surface area contributed by atoms with Gasteiger partial charge in [0, 0.05) is 6.42 Å². The lowest BCUT2D eigenvalue weighted by Crippen LogP contribution is -2.20. The van der Waals surface area contributed by atoms with Crippen LogP contribution >= 0.6 is 0 Å². The van der Waals surface area contributed by atoms with Gasteiger partial charge in [-0.15, -0.1) is 0 Å². The van der Waals surface area contributed by atoms with Crippen molar-refractivity contribution in [1.29, 1.82) is 0 Å². The van der Waals surface area contributed by atoms with E-state index in [4.69, 9.17) is 34.3 Å². The molecule has 0 spiro atoms. The van der Waals surface area contributed by atoms with Crippen molar-refractivity contribution in [2.24, 2.45) is 0 Å². The predicted octanol–water partition coefficient (Wildman–Crippen LogP) is 6.11. The number of carbonyl (C=O) groups is 4. The van der Waals surface area contributed by atoms with Gasteiger partial charge in [-0.3, -0.25) is 19.2 Å². The number of ether oxygens (including phenoxy) is 4. The van der Waals surface area contributed by atoms with Crippen molar-refractivity contribution in [1.82, 2.24) is 0 Å². The van der Waals surface area contributed by atoms with Crippen LogP contribution in [0.15, 0.2) is 54.6 Å². The van der Waals surface area contributed by atoms with Crippen LogP contribution in [-0.4, -0.2) is 64.6 Å². The Balaban J connectivity index is 0.000000641. The molecule has 0 fully saturated rings. The van der Waals surface area contributed by atoms with E-state index >= 15 is 0 Å².